The molecule has 0 aliphatic carbocycles. The normalized spacial score (nSPS) is 14.4. The second-order valence-electron chi connectivity index (χ2n) is 9.99. The first-order chi connectivity index (χ1) is 20.4. The van der Waals surface area contributed by atoms with E-state index in [2.05, 4.69) is 5.32 Å². The van der Waals surface area contributed by atoms with E-state index in [-0.39, 0.29) is 30.9 Å². The number of methoxy groups -OCH3 is 2. The Bertz CT molecular complexity index is 1520. The molecule has 10 heteroatoms. The first kappa shape index (κ1) is 29.2. The van der Waals surface area contributed by atoms with Crippen LogP contribution in [0.25, 0.3) is 16.9 Å². The Balaban J connectivity index is 1.42. The summed E-state index contributed by atoms with van der Waals surface area (Å²) in [6, 6.07) is 22.2. The Morgan fingerprint density at radius 1 is 1.05 bits per heavy atom. The maximum Gasteiger partial charge on any atom is 0.246 e. The summed E-state index contributed by atoms with van der Waals surface area (Å²) in [5.41, 5.74) is 3.05. The Kier molecular flexibility index (Phi) is 9.41. The van der Waals surface area contributed by atoms with E-state index >= 15 is 0 Å². The van der Waals surface area contributed by atoms with Gasteiger partial charge in [-0.05, 0) is 42.7 Å². The van der Waals surface area contributed by atoms with Crippen LogP contribution in [-0.2, 0) is 20.7 Å². The van der Waals surface area contributed by atoms with Crippen molar-refractivity contribution in [2.75, 3.05) is 39.2 Å². The number of imidazole rings is 1. The molecular formula is C32H33ClN4O5. The van der Waals surface area contributed by atoms with Crippen LogP contribution in [-0.4, -0.2) is 66.3 Å². The van der Waals surface area contributed by atoms with Gasteiger partial charge >= 0.3 is 0 Å². The van der Waals surface area contributed by atoms with Crippen LogP contribution in [0.2, 0.25) is 5.02 Å². The zero-order chi connectivity index (χ0) is 29.5. The molecule has 9 nitrogen and oxygen atoms in total. The van der Waals surface area contributed by atoms with Crippen LogP contribution < -0.4 is 14.8 Å². The van der Waals surface area contributed by atoms with Gasteiger partial charge in [-0.1, -0.05) is 54.1 Å². The van der Waals surface area contributed by atoms with E-state index in [0.717, 1.165) is 24.0 Å². The van der Waals surface area contributed by atoms with Crippen LogP contribution in [0.15, 0.2) is 79.0 Å². The van der Waals surface area contributed by atoms with Crippen molar-refractivity contribution in [3.05, 3.63) is 89.6 Å². The molecule has 218 valence electrons. The van der Waals surface area contributed by atoms with E-state index in [4.69, 9.17) is 30.8 Å². The number of ether oxygens (including phenoxy) is 3. The molecule has 0 saturated carbocycles. The van der Waals surface area contributed by atoms with Crippen LogP contribution in [0.5, 0.6) is 11.5 Å². The molecule has 1 atom stereocenters. The van der Waals surface area contributed by atoms with E-state index in [1.807, 2.05) is 54.7 Å². The van der Waals surface area contributed by atoms with Crippen LogP contribution >= 0.6 is 11.6 Å². The van der Waals surface area contributed by atoms with Gasteiger partial charge in [0, 0.05) is 36.0 Å². The number of amides is 2. The average Bonchev–Trinajstić information content (AvgIpc) is 3.67. The van der Waals surface area contributed by atoms with Gasteiger partial charge in [0.25, 0.3) is 0 Å². The second-order valence-corrected chi connectivity index (χ2v) is 10.4. The molecule has 1 aliphatic rings. The number of nitrogens with one attached hydrogen (secondary N) is 1. The summed E-state index contributed by atoms with van der Waals surface area (Å²) >= 11 is 6.10. The van der Waals surface area contributed by atoms with Crippen molar-refractivity contribution in [2.24, 2.45) is 0 Å². The summed E-state index contributed by atoms with van der Waals surface area (Å²) < 4.78 is 18.4. The molecule has 5 rings (SSSR count). The van der Waals surface area contributed by atoms with Gasteiger partial charge < -0.3 is 19.1 Å². The smallest absolute Gasteiger partial charge is 0.246 e. The highest BCUT2D eigenvalue weighted by Gasteiger charge is 2.25. The zero-order valence-electron chi connectivity index (χ0n) is 23.6. The molecule has 2 amide bonds. The second kappa shape index (κ2) is 13.5. The molecule has 1 unspecified atom stereocenters. The SMILES string of the molecule is COc1ccc(-n2cc(-c3ccc(Cl)cc3)nc2NC(=O)CN(CC2CCCO2)C(=O)Cc2ccccc2)cc1OC. The maximum atomic E-state index is 13.5. The Hall–Kier alpha value is -4.34. The third-order valence-corrected chi connectivity index (χ3v) is 7.33. The van der Waals surface area contributed by atoms with Crippen molar-refractivity contribution in [3.8, 4) is 28.4 Å². The van der Waals surface area contributed by atoms with Crippen LogP contribution in [0.3, 0.4) is 0 Å². The van der Waals surface area contributed by atoms with Gasteiger partial charge in [-0.2, -0.15) is 0 Å². The summed E-state index contributed by atoms with van der Waals surface area (Å²) in [4.78, 5) is 33.2. The number of hydrogen-bond acceptors (Lipinski definition) is 6. The molecule has 4 aromatic rings. The number of aromatic nitrogens is 2. The largest absolute Gasteiger partial charge is 0.493 e. The fourth-order valence-corrected chi connectivity index (χ4v) is 5.03. The van der Waals surface area contributed by atoms with Gasteiger partial charge in [-0.15, -0.1) is 0 Å². The van der Waals surface area contributed by atoms with Crippen molar-refractivity contribution >= 4 is 29.4 Å². The molecule has 42 heavy (non-hydrogen) atoms. The first-order valence-corrected chi connectivity index (χ1v) is 14.1. The predicted octanol–water partition coefficient (Wildman–Crippen LogP) is 5.40. The van der Waals surface area contributed by atoms with Crippen molar-refractivity contribution in [1.82, 2.24) is 14.5 Å². The molecule has 1 fully saturated rings. The quantitative estimate of drug-likeness (QED) is 0.252. The molecule has 1 aromatic heterocycles. The number of carbonyl (C=O) groups excluding carboxylic acids is 2. The van der Waals surface area contributed by atoms with Gasteiger partial charge in [0.15, 0.2) is 11.5 Å². The highest BCUT2D eigenvalue weighted by Crippen LogP contribution is 2.32. The third kappa shape index (κ3) is 7.10. The number of rotatable bonds is 11. The summed E-state index contributed by atoms with van der Waals surface area (Å²) in [5, 5.41) is 3.54. The average molecular weight is 589 g/mol. The number of hydrogen-bond donors (Lipinski definition) is 1. The Morgan fingerprint density at radius 3 is 2.50 bits per heavy atom. The lowest BCUT2D eigenvalue weighted by Gasteiger charge is -2.25. The molecule has 1 aliphatic heterocycles. The lowest BCUT2D eigenvalue weighted by Crippen LogP contribution is -2.43. The minimum absolute atomic E-state index is 0.0946. The summed E-state index contributed by atoms with van der Waals surface area (Å²) in [6.45, 7) is 0.869. The van der Waals surface area contributed by atoms with Crippen LogP contribution in [0.4, 0.5) is 5.95 Å². The van der Waals surface area contributed by atoms with Crippen molar-refractivity contribution < 1.29 is 23.8 Å². The number of anilines is 1. The zero-order valence-corrected chi connectivity index (χ0v) is 24.3. The molecule has 0 spiro atoms. The van der Waals surface area contributed by atoms with Gasteiger partial charge in [-0.3, -0.25) is 19.5 Å². The minimum atomic E-state index is -0.371. The fraction of sp³-hybridized carbons (Fsp3) is 0.281. The van der Waals surface area contributed by atoms with Gasteiger partial charge in [0.05, 0.1) is 38.1 Å². The molecule has 0 radical (unpaired) electrons. The lowest BCUT2D eigenvalue weighted by atomic mass is 10.1. The molecule has 2 heterocycles. The number of carbonyl (C=O) groups is 2. The number of nitrogens with zero attached hydrogens (tertiary/aromatic N) is 3. The van der Waals surface area contributed by atoms with E-state index < -0.39 is 0 Å². The minimum Gasteiger partial charge on any atom is -0.493 e. The van der Waals surface area contributed by atoms with Crippen molar-refractivity contribution in [1.29, 1.82) is 0 Å². The van der Waals surface area contributed by atoms with Gasteiger partial charge in [-0.25, -0.2) is 4.98 Å². The predicted molar refractivity (Wildman–Crippen MR) is 161 cm³/mol. The van der Waals surface area contributed by atoms with E-state index in [1.165, 1.54) is 0 Å². The van der Waals surface area contributed by atoms with Crippen LogP contribution in [0.1, 0.15) is 18.4 Å². The standard InChI is InChI=1S/C32H33ClN4O5/c1-40-28-15-14-25(18-29(28)41-2)37-20-27(23-10-12-24(33)13-11-23)34-32(37)35-30(38)21-36(19-26-9-6-16-42-26)31(39)17-22-7-4-3-5-8-22/h3-5,7-8,10-15,18,20,26H,6,9,16-17,19,21H2,1-2H3,(H,34,35,38). The highest BCUT2D eigenvalue weighted by molar-refractivity contribution is 6.30. The molecule has 1 saturated heterocycles. The summed E-state index contributed by atoms with van der Waals surface area (Å²) in [5.74, 6) is 0.890. The van der Waals surface area contributed by atoms with Gasteiger partial charge in [0.2, 0.25) is 17.8 Å². The monoisotopic (exact) mass is 588 g/mol. The topological polar surface area (TPSA) is 94.9 Å². The van der Waals surface area contributed by atoms with E-state index in [0.29, 0.717) is 47.0 Å². The lowest BCUT2D eigenvalue weighted by molar-refractivity contribution is -0.135. The Morgan fingerprint density at radius 2 is 1.81 bits per heavy atom. The molecule has 3 aromatic carbocycles. The van der Waals surface area contributed by atoms with Crippen molar-refractivity contribution in [2.45, 2.75) is 25.4 Å². The maximum absolute atomic E-state index is 13.5. The fourth-order valence-electron chi connectivity index (χ4n) is 4.91. The molecule has 1 N–H and O–H groups in total. The van der Waals surface area contributed by atoms with Crippen LogP contribution in [0, 0.1) is 0 Å². The Labute approximate surface area is 250 Å². The van der Waals surface area contributed by atoms with E-state index in [1.54, 1.807) is 48.0 Å². The summed E-state index contributed by atoms with van der Waals surface area (Å²) in [7, 11) is 3.13. The molecular weight excluding hydrogens is 556 g/mol. The highest BCUT2D eigenvalue weighted by atomic mass is 35.5. The number of benzene rings is 3. The van der Waals surface area contributed by atoms with E-state index in [9.17, 15) is 9.59 Å². The third-order valence-electron chi connectivity index (χ3n) is 7.08. The molecule has 0 bridgehead atoms. The number of halogens is 1. The van der Waals surface area contributed by atoms with Gasteiger partial charge in [0.1, 0.15) is 6.54 Å². The first-order valence-electron chi connectivity index (χ1n) is 13.7. The summed E-state index contributed by atoms with van der Waals surface area (Å²) in [6.07, 6.45) is 3.72. The van der Waals surface area contributed by atoms with Crippen molar-refractivity contribution in [3.63, 3.8) is 0 Å².